The number of terminal acetylenes is 1. The van der Waals surface area contributed by atoms with Crippen molar-refractivity contribution in [2.45, 2.75) is 57.9 Å². The molecule has 1 unspecified atom stereocenters. The van der Waals surface area contributed by atoms with Crippen LogP contribution in [0, 0.1) is 12.3 Å². The summed E-state index contributed by atoms with van der Waals surface area (Å²) in [5.74, 6) is 2.87. The number of nitrogens with zero attached hydrogens (tertiary/aromatic N) is 1. The summed E-state index contributed by atoms with van der Waals surface area (Å²) in [6.07, 6.45) is 10.9. The highest BCUT2D eigenvalue weighted by atomic mass is 16.1. The van der Waals surface area contributed by atoms with Crippen LogP contribution in [0.25, 0.3) is 0 Å². The van der Waals surface area contributed by atoms with Gasteiger partial charge in [0.05, 0.1) is 5.54 Å². The van der Waals surface area contributed by atoms with Gasteiger partial charge in [-0.3, -0.25) is 9.69 Å². The topological polar surface area (TPSA) is 20.3 Å². The molecule has 0 radical (unpaired) electrons. The first-order chi connectivity index (χ1) is 7.65. The fraction of sp³-hybridized carbons (Fsp3) is 0.786. The fourth-order valence-corrected chi connectivity index (χ4v) is 2.44. The predicted molar refractivity (Wildman–Crippen MR) is 67.2 cm³/mol. The minimum Gasteiger partial charge on any atom is -0.298 e. The van der Waals surface area contributed by atoms with Gasteiger partial charge in [-0.05, 0) is 39.3 Å². The third-order valence-corrected chi connectivity index (χ3v) is 3.84. The van der Waals surface area contributed by atoms with E-state index in [4.69, 9.17) is 6.42 Å². The highest BCUT2D eigenvalue weighted by molar-refractivity contribution is 5.88. The zero-order chi connectivity index (χ0) is 12.0. The number of hydrogen-bond acceptors (Lipinski definition) is 2. The minimum atomic E-state index is -0.280. The van der Waals surface area contributed by atoms with Crippen molar-refractivity contribution in [3.63, 3.8) is 0 Å². The van der Waals surface area contributed by atoms with E-state index in [0.29, 0.717) is 18.6 Å². The maximum atomic E-state index is 12.2. The van der Waals surface area contributed by atoms with E-state index in [9.17, 15) is 4.79 Å². The molecule has 0 aromatic carbocycles. The Balaban J connectivity index is 2.67. The van der Waals surface area contributed by atoms with Crippen LogP contribution in [0.3, 0.4) is 0 Å². The smallest absolute Gasteiger partial charge is 0.153 e. The zero-order valence-corrected chi connectivity index (χ0v) is 10.6. The molecule has 1 atom stereocenters. The molecule has 2 nitrogen and oxygen atoms in total. The van der Waals surface area contributed by atoms with Gasteiger partial charge in [0.25, 0.3) is 0 Å². The second kappa shape index (κ2) is 6.06. The average Bonchev–Trinajstić information content (AvgIpc) is 2.35. The van der Waals surface area contributed by atoms with Crippen molar-refractivity contribution >= 4 is 5.78 Å². The highest BCUT2D eigenvalue weighted by Crippen LogP contribution is 2.26. The molecule has 0 aliphatic carbocycles. The second-order valence-corrected chi connectivity index (χ2v) is 4.80. The lowest BCUT2D eigenvalue weighted by atomic mass is 9.87. The Morgan fingerprint density at radius 3 is 2.50 bits per heavy atom. The van der Waals surface area contributed by atoms with E-state index in [1.807, 2.05) is 0 Å². The summed E-state index contributed by atoms with van der Waals surface area (Å²) in [7, 11) is 0. The molecule has 1 aliphatic heterocycles. The average molecular weight is 221 g/mol. The van der Waals surface area contributed by atoms with Gasteiger partial charge in [0, 0.05) is 12.8 Å². The molecular weight excluding hydrogens is 198 g/mol. The summed E-state index contributed by atoms with van der Waals surface area (Å²) in [5.41, 5.74) is -0.280. The molecule has 1 saturated heterocycles. The third kappa shape index (κ3) is 2.86. The van der Waals surface area contributed by atoms with Crippen LogP contribution in [0.15, 0.2) is 0 Å². The van der Waals surface area contributed by atoms with Crippen LogP contribution in [0.2, 0.25) is 0 Å². The van der Waals surface area contributed by atoms with Gasteiger partial charge in [-0.15, -0.1) is 12.3 Å². The molecule has 0 aromatic rings. The van der Waals surface area contributed by atoms with Crippen molar-refractivity contribution in [2.24, 2.45) is 0 Å². The van der Waals surface area contributed by atoms with Crippen molar-refractivity contribution in [3.8, 4) is 12.3 Å². The van der Waals surface area contributed by atoms with Crippen LogP contribution in [-0.2, 0) is 4.79 Å². The number of Topliss-reactive ketones (excluding diaryl/α,β-unsaturated/α-hetero) is 1. The Bertz CT molecular complexity index is 273. The van der Waals surface area contributed by atoms with Crippen molar-refractivity contribution in [1.29, 1.82) is 0 Å². The number of ketones is 1. The highest BCUT2D eigenvalue weighted by Gasteiger charge is 2.36. The van der Waals surface area contributed by atoms with E-state index in [-0.39, 0.29) is 5.54 Å². The molecular formula is C14H23NO. The van der Waals surface area contributed by atoms with Gasteiger partial charge in [0.15, 0.2) is 5.78 Å². The van der Waals surface area contributed by atoms with E-state index in [1.165, 1.54) is 19.3 Å². The van der Waals surface area contributed by atoms with Gasteiger partial charge in [-0.2, -0.15) is 0 Å². The molecule has 0 N–H and O–H groups in total. The molecule has 1 aliphatic rings. The summed E-state index contributed by atoms with van der Waals surface area (Å²) in [6.45, 7) is 6.30. The van der Waals surface area contributed by atoms with Gasteiger partial charge >= 0.3 is 0 Å². The second-order valence-electron chi connectivity index (χ2n) is 4.80. The third-order valence-electron chi connectivity index (χ3n) is 3.84. The van der Waals surface area contributed by atoms with Crippen LogP contribution in [0.1, 0.15) is 52.4 Å². The summed E-state index contributed by atoms with van der Waals surface area (Å²) >= 11 is 0. The SMILES string of the molecule is C#CCCC(=O)C(C)(CC)N1CCCCC1. The van der Waals surface area contributed by atoms with E-state index in [0.717, 1.165) is 19.5 Å². The van der Waals surface area contributed by atoms with Crippen molar-refractivity contribution in [3.05, 3.63) is 0 Å². The molecule has 1 rings (SSSR count). The number of carbonyl (C=O) groups is 1. The van der Waals surface area contributed by atoms with Crippen LogP contribution in [0.5, 0.6) is 0 Å². The first-order valence-electron chi connectivity index (χ1n) is 6.37. The van der Waals surface area contributed by atoms with Gasteiger partial charge in [-0.1, -0.05) is 13.3 Å². The Hall–Kier alpha value is -0.810. The minimum absolute atomic E-state index is 0.280. The molecule has 0 amide bonds. The summed E-state index contributed by atoms with van der Waals surface area (Å²) in [5, 5.41) is 0. The lowest BCUT2D eigenvalue weighted by Crippen LogP contribution is -2.53. The molecule has 0 saturated carbocycles. The molecule has 0 aromatic heterocycles. The van der Waals surface area contributed by atoms with Crippen molar-refractivity contribution in [2.75, 3.05) is 13.1 Å². The lowest BCUT2D eigenvalue weighted by molar-refractivity contribution is -0.131. The van der Waals surface area contributed by atoms with Crippen LogP contribution >= 0.6 is 0 Å². The molecule has 16 heavy (non-hydrogen) atoms. The monoisotopic (exact) mass is 221 g/mol. The summed E-state index contributed by atoms with van der Waals surface area (Å²) in [6, 6.07) is 0. The van der Waals surface area contributed by atoms with Crippen LogP contribution < -0.4 is 0 Å². The van der Waals surface area contributed by atoms with E-state index in [1.54, 1.807) is 0 Å². The Kier molecular flexibility index (Phi) is 5.02. The Labute approximate surface area is 99.4 Å². The maximum Gasteiger partial charge on any atom is 0.153 e. The van der Waals surface area contributed by atoms with Crippen LogP contribution in [-0.4, -0.2) is 29.3 Å². The molecule has 1 fully saturated rings. The maximum absolute atomic E-state index is 12.2. The lowest BCUT2D eigenvalue weighted by Gasteiger charge is -2.41. The largest absolute Gasteiger partial charge is 0.298 e. The molecule has 0 spiro atoms. The van der Waals surface area contributed by atoms with Gasteiger partial charge in [0.2, 0.25) is 0 Å². The standard InChI is InChI=1S/C14H23NO/c1-4-6-10-13(16)14(3,5-2)15-11-8-7-9-12-15/h1H,5-12H2,2-3H3. The quantitative estimate of drug-likeness (QED) is 0.665. The van der Waals surface area contributed by atoms with Crippen molar-refractivity contribution in [1.82, 2.24) is 4.90 Å². The predicted octanol–water partition coefficient (Wildman–Crippen LogP) is 2.62. The molecule has 2 heteroatoms. The van der Waals surface area contributed by atoms with Crippen molar-refractivity contribution < 1.29 is 4.79 Å². The number of likely N-dealkylation sites (tertiary alicyclic amines) is 1. The zero-order valence-electron chi connectivity index (χ0n) is 10.6. The number of piperidine rings is 1. The van der Waals surface area contributed by atoms with E-state index < -0.39 is 0 Å². The van der Waals surface area contributed by atoms with Gasteiger partial charge in [-0.25, -0.2) is 0 Å². The van der Waals surface area contributed by atoms with Gasteiger partial charge < -0.3 is 0 Å². The molecule has 90 valence electrons. The molecule has 0 bridgehead atoms. The summed E-state index contributed by atoms with van der Waals surface area (Å²) < 4.78 is 0. The molecule has 1 heterocycles. The fourth-order valence-electron chi connectivity index (χ4n) is 2.44. The van der Waals surface area contributed by atoms with E-state index >= 15 is 0 Å². The Morgan fingerprint density at radius 1 is 1.38 bits per heavy atom. The summed E-state index contributed by atoms with van der Waals surface area (Å²) in [4.78, 5) is 14.6. The van der Waals surface area contributed by atoms with Gasteiger partial charge in [0.1, 0.15) is 0 Å². The number of carbonyl (C=O) groups excluding carboxylic acids is 1. The number of rotatable bonds is 5. The normalized spacial score (nSPS) is 21.1. The van der Waals surface area contributed by atoms with E-state index in [2.05, 4.69) is 24.7 Å². The first kappa shape index (κ1) is 13.3. The first-order valence-corrected chi connectivity index (χ1v) is 6.37. The Morgan fingerprint density at radius 2 is 2.00 bits per heavy atom. The van der Waals surface area contributed by atoms with Crippen LogP contribution in [0.4, 0.5) is 0 Å². The number of hydrogen-bond donors (Lipinski definition) is 0.